The van der Waals surface area contributed by atoms with Gasteiger partial charge in [0.1, 0.15) is 25.3 Å². The number of hydrogen-bond donors (Lipinski definition) is 7. The van der Waals surface area contributed by atoms with Crippen molar-refractivity contribution >= 4 is 41.5 Å². The number of ether oxygens (including phenoxy) is 4. The highest BCUT2D eigenvalue weighted by Crippen LogP contribution is 2.23. The lowest BCUT2D eigenvalue weighted by atomic mass is 9.88. The number of rotatable bonds is 30. The molecule has 1 fully saturated rings. The Morgan fingerprint density at radius 1 is 0.585 bits per heavy atom. The second-order valence-electron chi connectivity index (χ2n) is 12.0. The van der Waals surface area contributed by atoms with E-state index in [0.717, 1.165) is 32.1 Å². The fraction of sp³-hybridized carbons (Fsp3) is 0.800. The number of carboxylic acids is 2. The van der Waals surface area contributed by atoms with Crippen LogP contribution in [0.1, 0.15) is 91.4 Å². The van der Waals surface area contributed by atoms with Crippen LogP contribution in [-0.2, 0) is 52.5 Å². The maximum absolute atomic E-state index is 12.3. The molecule has 0 bridgehead atoms. The normalized spacial score (nSPS) is 13.7. The van der Waals surface area contributed by atoms with Gasteiger partial charge in [0.2, 0.25) is 29.5 Å². The lowest BCUT2D eigenvalue weighted by Gasteiger charge is -2.23. The summed E-state index contributed by atoms with van der Waals surface area (Å²) >= 11 is 0. The third-order valence-electron chi connectivity index (χ3n) is 7.79. The number of nitrogens with one attached hydrogen (secondary N) is 5. The highest BCUT2D eigenvalue weighted by Gasteiger charge is 2.27. The molecule has 53 heavy (non-hydrogen) atoms. The first-order valence-corrected chi connectivity index (χ1v) is 18.7. The molecule has 18 heteroatoms. The van der Waals surface area contributed by atoms with Crippen LogP contribution in [-0.4, -0.2) is 136 Å². The number of hydrogen-bond acceptors (Lipinski definition) is 11. The van der Waals surface area contributed by atoms with Gasteiger partial charge < -0.3 is 55.7 Å². The van der Waals surface area contributed by atoms with E-state index in [9.17, 15) is 43.8 Å². The lowest BCUT2D eigenvalue weighted by molar-refractivity contribution is -0.143. The Hall–Kier alpha value is -3.87. The highest BCUT2D eigenvalue weighted by atomic mass is 16.5. The maximum atomic E-state index is 12.3. The Bertz CT molecular complexity index is 1070. The van der Waals surface area contributed by atoms with E-state index in [1.165, 1.54) is 0 Å². The van der Waals surface area contributed by atoms with Crippen molar-refractivity contribution in [2.45, 2.75) is 103 Å². The van der Waals surface area contributed by atoms with Crippen molar-refractivity contribution in [3.05, 3.63) is 0 Å². The van der Waals surface area contributed by atoms with Gasteiger partial charge in [0, 0.05) is 38.4 Å². The second kappa shape index (κ2) is 32.8. The summed E-state index contributed by atoms with van der Waals surface area (Å²) in [6.07, 6.45) is 6.15. The molecule has 0 aliphatic heterocycles. The molecule has 2 atom stereocenters. The fourth-order valence-corrected chi connectivity index (χ4v) is 4.94. The summed E-state index contributed by atoms with van der Waals surface area (Å²) in [5, 5.41) is 31.7. The second-order valence-corrected chi connectivity index (χ2v) is 12.0. The Morgan fingerprint density at radius 2 is 1.09 bits per heavy atom. The summed E-state index contributed by atoms with van der Waals surface area (Å²) in [4.78, 5) is 82.4. The zero-order valence-corrected chi connectivity index (χ0v) is 31.7. The minimum Gasteiger partial charge on any atom is -0.480 e. The van der Waals surface area contributed by atoms with E-state index < -0.39 is 29.9 Å². The number of carbonyl (C=O) groups is 7. The van der Waals surface area contributed by atoms with Gasteiger partial charge in [-0.05, 0) is 38.5 Å². The van der Waals surface area contributed by atoms with Crippen molar-refractivity contribution in [2.75, 3.05) is 72.5 Å². The third-order valence-corrected chi connectivity index (χ3v) is 7.79. The van der Waals surface area contributed by atoms with Gasteiger partial charge in [-0.3, -0.25) is 24.0 Å². The van der Waals surface area contributed by atoms with Gasteiger partial charge in [0.25, 0.3) is 0 Å². The van der Waals surface area contributed by atoms with Gasteiger partial charge in [0.05, 0.1) is 39.6 Å². The Balaban J connectivity index is 0.0000133. The summed E-state index contributed by atoms with van der Waals surface area (Å²) in [5.41, 5.74) is 0. The highest BCUT2D eigenvalue weighted by molar-refractivity contribution is 5.86. The average Bonchev–Trinajstić information content (AvgIpc) is 3.15. The van der Waals surface area contributed by atoms with Crippen molar-refractivity contribution in [1.82, 2.24) is 26.6 Å². The molecule has 0 aromatic heterocycles. The predicted octanol–water partition coefficient (Wildman–Crippen LogP) is 0.507. The SMILES string of the molecule is CC.CCC(=O)NCCCCC(NC(=O)COCCOCCNC(=O)COCCOCCNC(=O)CCC(NC(=O)C1CCCCC1)C(=O)O)C(=O)O. The Labute approximate surface area is 312 Å². The van der Waals surface area contributed by atoms with Crippen LogP contribution in [0, 0.1) is 5.92 Å². The number of unbranched alkanes of at least 4 members (excludes halogenated alkanes) is 1. The van der Waals surface area contributed by atoms with E-state index in [4.69, 9.17) is 18.9 Å². The van der Waals surface area contributed by atoms with Crippen LogP contribution in [0.2, 0.25) is 0 Å². The fourth-order valence-electron chi connectivity index (χ4n) is 4.94. The molecule has 0 heterocycles. The summed E-state index contributed by atoms with van der Waals surface area (Å²) in [5.74, 6) is -4.10. The molecular weight excluding hydrogens is 698 g/mol. The summed E-state index contributed by atoms with van der Waals surface area (Å²) < 4.78 is 21.1. The largest absolute Gasteiger partial charge is 0.480 e. The minimum atomic E-state index is -1.17. The Morgan fingerprint density at radius 3 is 1.66 bits per heavy atom. The topological polar surface area (TPSA) is 257 Å². The molecule has 1 rings (SSSR count). The standard InChI is InChI=1S/C33H57N5O13.C2H6/c1-2-27(39)34-13-7-6-10-25(32(44)45)37-30(42)23-51-21-19-49-17-15-36-29(41)22-50-20-18-48-16-14-35-28(40)12-11-26(33(46)47)38-31(43)24-8-4-3-5-9-24;1-2/h24-26H,2-23H2,1H3,(H,34,39)(H,35,40)(H,36,41)(H,37,42)(H,38,43)(H,44,45)(H,46,47);1-2H3. The van der Waals surface area contributed by atoms with Crippen molar-refractivity contribution in [3.8, 4) is 0 Å². The van der Waals surface area contributed by atoms with E-state index in [0.29, 0.717) is 25.8 Å². The molecular formula is C35H63N5O13. The molecule has 7 N–H and O–H groups in total. The van der Waals surface area contributed by atoms with Crippen LogP contribution in [0.25, 0.3) is 0 Å². The zero-order valence-electron chi connectivity index (χ0n) is 31.7. The summed E-state index contributed by atoms with van der Waals surface area (Å²) in [7, 11) is 0. The van der Waals surface area contributed by atoms with Crippen molar-refractivity contribution < 1.29 is 62.7 Å². The molecule has 0 aromatic rings. The average molecular weight is 762 g/mol. The monoisotopic (exact) mass is 761 g/mol. The number of amides is 5. The van der Waals surface area contributed by atoms with Crippen LogP contribution in [0.3, 0.4) is 0 Å². The smallest absolute Gasteiger partial charge is 0.326 e. The van der Waals surface area contributed by atoms with Crippen molar-refractivity contribution in [2.24, 2.45) is 5.92 Å². The molecule has 1 saturated carbocycles. The van der Waals surface area contributed by atoms with Gasteiger partial charge >= 0.3 is 11.9 Å². The van der Waals surface area contributed by atoms with Gasteiger partial charge in [-0.25, -0.2) is 9.59 Å². The molecule has 1 aliphatic carbocycles. The molecule has 1 aliphatic rings. The molecule has 306 valence electrons. The van der Waals surface area contributed by atoms with E-state index in [2.05, 4.69) is 26.6 Å². The lowest BCUT2D eigenvalue weighted by Crippen LogP contribution is -2.44. The molecule has 18 nitrogen and oxygen atoms in total. The first-order valence-electron chi connectivity index (χ1n) is 18.7. The van der Waals surface area contributed by atoms with E-state index >= 15 is 0 Å². The molecule has 0 radical (unpaired) electrons. The van der Waals surface area contributed by atoms with Gasteiger partial charge in [-0.2, -0.15) is 0 Å². The van der Waals surface area contributed by atoms with Crippen LogP contribution in [0.5, 0.6) is 0 Å². The first-order chi connectivity index (χ1) is 25.5. The van der Waals surface area contributed by atoms with Crippen LogP contribution in [0.15, 0.2) is 0 Å². The maximum Gasteiger partial charge on any atom is 0.326 e. The molecule has 2 unspecified atom stereocenters. The van der Waals surface area contributed by atoms with Gasteiger partial charge in [-0.15, -0.1) is 0 Å². The number of carbonyl (C=O) groups excluding carboxylic acids is 5. The molecule has 0 aromatic carbocycles. The third kappa shape index (κ3) is 27.4. The van der Waals surface area contributed by atoms with E-state index in [1.807, 2.05) is 13.8 Å². The van der Waals surface area contributed by atoms with E-state index in [-0.39, 0.29) is 115 Å². The number of aliphatic carboxylic acids is 2. The van der Waals surface area contributed by atoms with Gasteiger partial charge in [-0.1, -0.05) is 40.0 Å². The Kier molecular flexibility index (Phi) is 30.4. The van der Waals surface area contributed by atoms with Gasteiger partial charge in [0.15, 0.2) is 0 Å². The zero-order chi connectivity index (χ0) is 39.7. The predicted molar refractivity (Wildman–Crippen MR) is 193 cm³/mol. The quantitative estimate of drug-likeness (QED) is 0.0493. The first kappa shape index (κ1) is 49.1. The van der Waals surface area contributed by atoms with Crippen LogP contribution < -0.4 is 26.6 Å². The van der Waals surface area contributed by atoms with Crippen molar-refractivity contribution in [3.63, 3.8) is 0 Å². The van der Waals surface area contributed by atoms with Crippen LogP contribution >= 0.6 is 0 Å². The van der Waals surface area contributed by atoms with E-state index in [1.54, 1.807) is 6.92 Å². The molecule has 5 amide bonds. The molecule has 0 saturated heterocycles. The summed E-state index contributed by atoms with van der Waals surface area (Å²) in [6.45, 7) is 7.08. The van der Waals surface area contributed by atoms with Crippen LogP contribution in [0.4, 0.5) is 0 Å². The summed E-state index contributed by atoms with van der Waals surface area (Å²) in [6, 6.07) is -2.17. The van der Waals surface area contributed by atoms with Crippen molar-refractivity contribution in [1.29, 1.82) is 0 Å². The number of carboxylic acid groups (broad SMARTS) is 2. The molecule has 0 spiro atoms. The minimum absolute atomic E-state index is 0.0132.